The van der Waals surface area contributed by atoms with Crippen molar-refractivity contribution in [3.05, 3.63) is 42.8 Å². The van der Waals surface area contributed by atoms with Gasteiger partial charge in [0, 0.05) is 18.4 Å². The number of amides is 4. The number of pyridine rings is 1. The number of ether oxygens (including phenoxy) is 2. The molecular weight excluding hydrogens is 626 g/mol. The van der Waals surface area contributed by atoms with E-state index in [1.54, 1.807) is 33.0 Å². The SMILES string of the molecule is C=C[C@@H]1C[C@]1(NC(=O)[C@@H]1C[C@@H]2CN1C(=O)[C@H](C(C)(C)C)NC(=O)OCCCCC/C=C/c1c[nH+]ccc1O2)C(=O)NS(=O)(=O)C1CC1. The Morgan fingerprint density at radius 1 is 1.19 bits per heavy atom. The van der Waals surface area contributed by atoms with Gasteiger partial charge in [-0.3, -0.25) is 19.1 Å². The summed E-state index contributed by atoms with van der Waals surface area (Å²) >= 11 is 0. The molecule has 0 aromatic carbocycles. The first-order valence-electron chi connectivity index (χ1n) is 16.3. The van der Waals surface area contributed by atoms with Crippen molar-refractivity contribution in [3.8, 4) is 5.75 Å². The minimum atomic E-state index is -3.87. The number of fused-ring (bicyclic) bond motifs is 3. The number of cyclic esters (lactones) is 1. The minimum absolute atomic E-state index is 0.0299. The Balaban J connectivity index is 1.44. The fourth-order valence-electron chi connectivity index (χ4n) is 6.13. The fraction of sp³-hybridized carbons (Fsp3) is 0.606. The minimum Gasteiger partial charge on any atom is -0.487 e. The molecule has 0 spiro atoms. The second kappa shape index (κ2) is 13.7. The molecule has 14 heteroatoms. The van der Waals surface area contributed by atoms with E-state index in [0.29, 0.717) is 25.0 Å². The fourth-order valence-corrected chi connectivity index (χ4v) is 7.49. The topological polar surface area (TPSA) is 174 Å². The number of allylic oxidation sites excluding steroid dienone is 1. The van der Waals surface area contributed by atoms with Crippen LogP contribution in [-0.2, 0) is 29.1 Å². The van der Waals surface area contributed by atoms with Crippen LogP contribution in [0.15, 0.2) is 37.2 Å². The number of nitrogens with one attached hydrogen (secondary N) is 4. The number of aromatic nitrogens is 1. The lowest BCUT2D eigenvalue weighted by molar-refractivity contribution is -0.378. The number of nitrogens with zero attached hydrogens (tertiary/aromatic N) is 1. The molecule has 2 saturated carbocycles. The van der Waals surface area contributed by atoms with Gasteiger partial charge < -0.3 is 25.0 Å². The molecule has 2 bridgehead atoms. The Hall–Kier alpha value is -3.94. The molecule has 2 aliphatic carbocycles. The summed E-state index contributed by atoms with van der Waals surface area (Å²) < 4.78 is 39.2. The standard InChI is InChI=1S/C33H45N5O8S/c1-5-22-18-33(22,30(41)37-47(43,44)24-12-13-24)36-28(39)25-17-23-20-38(25)29(40)27(32(2,3)4)35-31(42)45-16-10-8-6-7-9-11-21-19-34-15-14-26(21)46-23/h5,9,11,14-15,19,22-25,27H,1,6-8,10,12-13,16-18,20H2,2-4H3,(H,35,42)(H,36,39)(H,37,41)/p+1/b11-9+/t22-,23-,25+,27-,33-/m1/s1. The van der Waals surface area contributed by atoms with Crippen molar-refractivity contribution in [3.63, 3.8) is 0 Å². The Morgan fingerprint density at radius 2 is 1.96 bits per heavy atom. The number of carbonyl (C=O) groups is 4. The smallest absolute Gasteiger partial charge is 0.407 e. The highest BCUT2D eigenvalue weighted by Crippen LogP contribution is 2.45. The van der Waals surface area contributed by atoms with Crippen LogP contribution in [0.1, 0.15) is 77.7 Å². The van der Waals surface area contributed by atoms with Crippen molar-refractivity contribution < 1.29 is 42.1 Å². The molecule has 4 amide bonds. The van der Waals surface area contributed by atoms with Crippen LogP contribution in [0.3, 0.4) is 0 Å². The molecule has 256 valence electrons. The highest BCUT2D eigenvalue weighted by molar-refractivity contribution is 7.91. The number of carbonyl (C=O) groups excluding carboxylic acids is 4. The number of hydrogen-bond donors (Lipinski definition) is 3. The number of aromatic amines is 1. The monoisotopic (exact) mass is 672 g/mol. The summed E-state index contributed by atoms with van der Waals surface area (Å²) in [5.74, 6) is -1.87. The lowest BCUT2D eigenvalue weighted by atomic mass is 9.85. The molecule has 2 aliphatic heterocycles. The summed E-state index contributed by atoms with van der Waals surface area (Å²) in [7, 11) is -3.87. The van der Waals surface area contributed by atoms with E-state index in [-0.39, 0.29) is 26.0 Å². The van der Waals surface area contributed by atoms with Crippen molar-refractivity contribution in [2.45, 2.75) is 101 Å². The maximum atomic E-state index is 14.3. The average molecular weight is 673 g/mol. The van der Waals surface area contributed by atoms with Crippen LogP contribution in [0, 0.1) is 11.3 Å². The predicted octanol–water partition coefficient (Wildman–Crippen LogP) is 2.25. The number of rotatable bonds is 6. The van der Waals surface area contributed by atoms with Crippen molar-refractivity contribution in [2.24, 2.45) is 11.3 Å². The van der Waals surface area contributed by atoms with Gasteiger partial charge in [-0.25, -0.2) is 18.2 Å². The Bertz CT molecular complexity index is 1540. The lowest BCUT2D eigenvalue weighted by Crippen LogP contribution is -2.60. The molecule has 5 atom stereocenters. The summed E-state index contributed by atoms with van der Waals surface area (Å²) in [6.45, 7) is 9.40. The highest BCUT2D eigenvalue weighted by Gasteiger charge is 2.62. The molecule has 4 aliphatic rings. The van der Waals surface area contributed by atoms with Crippen LogP contribution in [0.2, 0.25) is 0 Å². The third kappa shape index (κ3) is 7.96. The van der Waals surface area contributed by atoms with Crippen LogP contribution in [0.25, 0.3) is 6.08 Å². The molecule has 13 nitrogen and oxygen atoms in total. The zero-order valence-corrected chi connectivity index (χ0v) is 28.1. The molecule has 1 aromatic heterocycles. The third-order valence-corrected chi connectivity index (χ3v) is 11.0. The molecule has 3 fully saturated rings. The van der Waals surface area contributed by atoms with Crippen LogP contribution < -0.4 is 25.1 Å². The third-order valence-electron chi connectivity index (χ3n) is 9.17. The van der Waals surface area contributed by atoms with E-state index >= 15 is 0 Å². The summed E-state index contributed by atoms with van der Waals surface area (Å²) in [5, 5.41) is 4.89. The van der Waals surface area contributed by atoms with Crippen LogP contribution >= 0.6 is 0 Å². The van der Waals surface area contributed by atoms with Gasteiger partial charge in [0.2, 0.25) is 21.8 Å². The van der Waals surface area contributed by atoms with Crippen molar-refractivity contribution in [2.75, 3.05) is 13.2 Å². The normalized spacial score (nSPS) is 29.5. The van der Waals surface area contributed by atoms with E-state index in [4.69, 9.17) is 9.47 Å². The summed E-state index contributed by atoms with van der Waals surface area (Å²) in [4.78, 5) is 59.0. The predicted molar refractivity (Wildman–Crippen MR) is 172 cm³/mol. The molecule has 0 unspecified atom stereocenters. The van der Waals surface area contributed by atoms with Crippen molar-refractivity contribution in [1.82, 2.24) is 20.3 Å². The number of alkyl carbamates (subject to hydrolysis) is 1. The molecule has 47 heavy (non-hydrogen) atoms. The van der Waals surface area contributed by atoms with Crippen molar-refractivity contribution in [1.29, 1.82) is 0 Å². The maximum absolute atomic E-state index is 14.3. The molecule has 3 heterocycles. The molecular formula is C33H46N5O8S+. The highest BCUT2D eigenvalue weighted by atomic mass is 32.2. The Morgan fingerprint density at radius 3 is 2.64 bits per heavy atom. The van der Waals surface area contributed by atoms with E-state index in [1.165, 1.54) is 11.0 Å². The van der Waals surface area contributed by atoms with E-state index in [0.717, 1.165) is 24.8 Å². The van der Waals surface area contributed by atoms with Gasteiger partial charge in [-0.2, -0.15) is 0 Å². The van der Waals surface area contributed by atoms with Crippen LogP contribution in [0.5, 0.6) is 5.75 Å². The number of sulfonamides is 1. The molecule has 4 N–H and O–H groups in total. The largest absolute Gasteiger partial charge is 0.487 e. The van der Waals surface area contributed by atoms with Gasteiger partial charge >= 0.3 is 6.09 Å². The summed E-state index contributed by atoms with van der Waals surface area (Å²) in [6.07, 6.45) is 12.2. The molecule has 1 aromatic rings. The summed E-state index contributed by atoms with van der Waals surface area (Å²) in [6, 6.07) is -0.344. The van der Waals surface area contributed by atoms with E-state index in [9.17, 15) is 27.6 Å². The van der Waals surface area contributed by atoms with Gasteiger partial charge in [-0.05, 0) is 56.4 Å². The Kier molecular flexibility index (Phi) is 9.99. The lowest BCUT2D eigenvalue weighted by Gasteiger charge is -2.35. The first-order valence-corrected chi connectivity index (χ1v) is 17.9. The summed E-state index contributed by atoms with van der Waals surface area (Å²) in [5.41, 5.74) is -1.46. The van der Waals surface area contributed by atoms with Gasteiger partial charge in [0.05, 0.1) is 24.0 Å². The van der Waals surface area contributed by atoms with Gasteiger partial charge in [0.1, 0.15) is 29.5 Å². The van der Waals surface area contributed by atoms with Crippen LogP contribution in [-0.4, -0.2) is 79.3 Å². The molecule has 5 rings (SSSR count). The van der Waals surface area contributed by atoms with Gasteiger partial charge in [-0.1, -0.05) is 32.9 Å². The second-order valence-corrected chi connectivity index (χ2v) is 15.9. The van der Waals surface area contributed by atoms with Crippen LogP contribution in [0.4, 0.5) is 4.79 Å². The molecule has 0 radical (unpaired) electrons. The van der Waals surface area contributed by atoms with E-state index in [1.807, 2.05) is 18.3 Å². The van der Waals surface area contributed by atoms with Gasteiger partial charge in [0.15, 0.2) is 12.4 Å². The average Bonchev–Trinajstić information content (AvgIpc) is 3.93. The zero-order valence-electron chi connectivity index (χ0n) is 27.3. The number of hydrogen-bond acceptors (Lipinski definition) is 8. The quantitative estimate of drug-likeness (QED) is 0.386. The maximum Gasteiger partial charge on any atom is 0.407 e. The van der Waals surface area contributed by atoms with Gasteiger partial charge in [-0.15, -0.1) is 6.58 Å². The second-order valence-electron chi connectivity index (χ2n) is 14.0. The number of H-pyrrole nitrogens is 1. The van der Waals surface area contributed by atoms with E-state index in [2.05, 4.69) is 26.9 Å². The molecule has 1 saturated heterocycles. The first kappa shape index (κ1) is 34.4. The Labute approximate surface area is 276 Å². The van der Waals surface area contributed by atoms with Crippen molar-refractivity contribution >= 4 is 39.9 Å². The first-order chi connectivity index (χ1) is 22.2. The van der Waals surface area contributed by atoms with Gasteiger partial charge in [0.25, 0.3) is 5.91 Å². The zero-order chi connectivity index (χ0) is 34.0. The van der Waals surface area contributed by atoms with E-state index < -0.39 is 74.1 Å².